The molecule has 0 bridgehead atoms. The van der Waals surface area contributed by atoms with Gasteiger partial charge in [0.1, 0.15) is 22.8 Å². The largest absolute Gasteiger partial charge is 0.300 e. The summed E-state index contributed by atoms with van der Waals surface area (Å²) >= 11 is 0. The lowest BCUT2D eigenvalue weighted by Gasteiger charge is -2.50. The van der Waals surface area contributed by atoms with Crippen LogP contribution < -0.4 is 0 Å². The fourth-order valence-corrected chi connectivity index (χ4v) is 4.13. The van der Waals surface area contributed by atoms with E-state index >= 15 is 0 Å². The third-order valence-electron chi connectivity index (χ3n) is 4.85. The molecule has 0 amide bonds. The van der Waals surface area contributed by atoms with Crippen LogP contribution in [0.2, 0.25) is 0 Å². The van der Waals surface area contributed by atoms with Crippen LogP contribution in [-0.2, 0) is 28.8 Å². The molecule has 0 aliphatic heterocycles. The van der Waals surface area contributed by atoms with Gasteiger partial charge in [-0.05, 0) is 41.0 Å². The highest BCUT2D eigenvalue weighted by molar-refractivity contribution is 6.32. The summed E-state index contributed by atoms with van der Waals surface area (Å²) in [7, 11) is 0. The number of ketones is 6. The smallest absolute Gasteiger partial charge is 0.165 e. The first kappa shape index (κ1) is 18.1. The van der Waals surface area contributed by atoms with E-state index in [4.69, 9.17) is 0 Å². The van der Waals surface area contributed by atoms with Gasteiger partial charge in [0.25, 0.3) is 0 Å². The molecular formula is C16H20O6. The van der Waals surface area contributed by atoms with E-state index in [1.165, 1.54) is 6.92 Å². The molecule has 0 aromatic heterocycles. The van der Waals surface area contributed by atoms with Gasteiger partial charge in [0, 0.05) is 12.3 Å². The predicted molar refractivity (Wildman–Crippen MR) is 76.0 cm³/mol. The van der Waals surface area contributed by atoms with Crippen LogP contribution in [0.25, 0.3) is 0 Å². The van der Waals surface area contributed by atoms with E-state index in [2.05, 4.69) is 0 Å². The Labute approximate surface area is 128 Å². The zero-order chi connectivity index (χ0) is 17.5. The van der Waals surface area contributed by atoms with E-state index in [1.54, 1.807) is 0 Å². The lowest BCUT2D eigenvalue weighted by Crippen LogP contribution is -2.69. The van der Waals surface area contributed by atoms with Crippen LogP contribution in [-0.4, -0.2) is 34.7 Å². The van der Waals surface area contributed by atoms with Gasteiger partial charge in [0.2, 0.25) is 0 Å². The van der Waals surface area contributed by atoms with E-state index < -0.39 is 51.4 Å². The molecular weight excluding hydrogens is 288 g/mol. The van der Waals surface area contributed by atoms with Crippen LogP contribution in [0.1, 0.15) is 47.5 Å². The monoisotopic (exact) mass is 308 g/mol. The number of hydrogen-bond donors (Lipinski definition) is 0. The minimum absolute atomic E-state index is 0.0182. The van der Waals surface area contributed by atoms with Crippen LogP contribution in [0.5, 0.6) is 0 Å². The van der Waals surface area contributed by atoms with Crippen molar-refractivity contribution in [1.82, 2.24) is 0 Å². The van der Waals surface area contributed by atoms with Crippen LogP contribution in [0, 0.1) is 16.7 Å². The number of Topliss-reactive ketones (excluding diaryl/α,β-unsaturated/α-hetero) is 6. The Morgan fingerprint density at radius 2 is 1.23 bits per heavy atom. The van der Waals surface area contributed by atoms with Crippen molar-refractivity contribution in [3.63, 3.8) is 0 Å². The molecule has 1 aliphatic carbocycles. The van der Waals surface area contributed by atoms with Gasteiger partial charge in [-0.25, -0.2) is 0 Å². The number of hydrogen-bond acceptors (Lipinski definition) is 6. The van der Waals surface area contributed by atoms with E-state index in [9.17, 15) is 28.8 Å². The molecule has 0 aromatic rings. The Balaban J connectivity index is 4.03. The quantitative estimate of drug-likeness (QED) is 0.699. The summed E-state index contributed by atoms with van der Waals surface area (Å²) in [4.78, 5) is 74.0. The van der Waals surface area contributed by atoms with Crippen molar-refractivity contribution in [2.45, 2.75) is 47.5 Å². The molecule has 1 fully saturated rings. The maximum atomic E-state index is 12.5. The van der Waals surface area contributed by atoms with Crippen molar-refractivity contribution in [3.8, 4) is 0 Å². The maximum absolute atomic E-state index is 12.5. The van der Waals surface area contributed by atoms with Crippen LogP contribution in [0.15, 0.2) is 0 Å². The average Bonchev–Trinajstić information content (AvgIpc) is 2.35. The molecule has 1 aliphatic rings. The number of carbonyl (C=O) groups excluding carboxylic acids is 6. The van der Waals surface area contributed by atoms with Crippen molar-refractivity contribution < 1.29 is 28.8 Å². The molecule has 1 saturated carbocycles. The molecule has 0 N–H and O–H groups in total. The second kappa shape index (κ2) is 5.66. The van der Waals surface area contributed by atoms with Gasteiger partial charge in [-0.3, -0.25) is 28.8 Å². The highest BCUT2D eigenvalue weighted by atomic mass is 16.2. The zero-order valence-electron chi connectivity index (χ0n) is 13.4. The van der Waals surface area contributed by atoms with Crippen LogP contribution in [0.4, 0.5) is 0 Å². The molecule has 1 unspecified atom stereocenters. The van der Waals surface area contributed by atoms with Crippen molar-refractivity contribution in [1.29, 1.82) is 0 Å². The first-order chi connectivity index (χ1) is 9.98. The van der Waals surface area contributed by atoms with Crippen molar-refractivity contribution in [3.05, 3.63) is 0 Å². The highest BCUT2D eigenvalue weighted by Crippen LogP contribution is 2.54. The summed E-state index contributed by atoms with van der Waals surface area (Å²) in [5.41, 5.74) is -4.62. The second-order valence-electron chi connectivity index (χ2n) is 5.91. The zero-order valence-corrected chi connectivity index (χ0v) is 13.4. The second-order valence-corrected chi connectivity index (χ2v) is 5.91. The molecule has 0 aromatic carbocycles. The van der Waals surface area contributed by atoms with Crippen molar-refractivity contribution >= 4 is 34.7 Å². The summed E-state index contributed by atoms with van der Waals surface area (Å²) in [6.45, 7) is 5.34. The number of rotatable bonds is 5. The molecule has 6 nitrogen and oxygen atoms in total. The molecule has 1 rings (SSSR count). The van der Waals surface area contributed by atoms with Crippen molar-refractivity contribution in [2.75, 3.05) is 0 Å². The van der Waals surface area contributed by atoms with E-state index in [0.29, 0.717) is 0 Å². The summed E-state index contributed by atoms with van der Waals surface area (Å²) < 4.78 is 0. The van der Waals surface area contributed by atoms with Crippen molar-refractivity contribution in [2.24, 2.45) is 16.7 Å². The Morgan fingerprint density at radius 3 is 1.50 bits per heavy atom. The standard InChI is InChI=1S/C16H20O6/c1-8(17)13-6-7-14(22)16(11(4)20,12(5)21)15(13,9(2)18)10(3)19/h13H,6-7H2,1-5H3. The topological polar surface area (TPSA) is 102 Å². The molecule has 120 valence electrons. The van der Waals surface area contributed by atoms with Gasteiger partial charge < -0.3 is 0 Å². The molecule has 0 saturated heterocycles. The third-order valence-corrected chi connectivity index (χ3v) is 4.85. The molecule has 0 heterocycles. The van der Waals surface area contributed by atoms with Gasteiger partial charge in [0.05, 0.1) is 0 Å². The summed E-state index contributed by atoms with van der Waals surface area (Å²) in [6.07, 6.45) is -0.207. The highest BCUT2D eigenvalue weighted by Gasteiger charge is 2.72. The summed E-state index contributed by atoms with van der Waals surface area (Å²) in [5.74, 6) is -5.69. The van der Waals surface area contributed by atoms with E-state index in [-0.39, 0.29) is 12.8 Å². The normalized spacial score (nSPS) is 22.8. The SMILES string of the molecule is CC(=O)C1CCC(=O)C(C(C)=O)(C(C)=O)C1(C(C)=O)C(C)=O. The molecule has 1 atom stereocenters. The maximum Gasteiger partial charge on any atom is 0.165 e. The molecule has 0 spiro atoms. The first-order valence-corrected chi connectivity index (χ1v) is 7.06. The van der Waals surface area contributed by atoms with E-state index in [1.807, 2.05) is 0 Å². The van der Waals surface area contributed by atoms with Crippen LogP contribution >= 0.6 is 0 Å². The fourth-order valence-electron chi connectivity index (χ4n) is 4.13. The first-order valence-electron chi connectivity index (χ1n) is 7.06. The minimum atomic E-state index is -2.39. The Kier molecular flexibility index (Phi) is 4.65. The summed E-state index contributed by atoms with van der Waals surface area (Å²) in [6, 6.07) is 0. The average molecular weight is 308 g/mol. The lowest BCUT2D eigenvalue weighted by atomic mass is 9.45. The van der Waals surface area contributed by atoms with E-state index in [0.717, 1.165) is 27.7 Å². The van der Waals surface area contributed by atoms with Gasteiger partial charge in [0.15, 0.2) is 22.8 Å². The number of carbonyl (C=O) groups is 6. The lowest BCUT2D eigenvalue weighted by molar-refractivity contribution is -0.178. The van der Waals surface area contributed by atoms with Gasteiger partial charge in [-0.1, -0.05) is 0 Å². The summed E-state index contributed by atoms with van der Waals surface area (Å²) in [5, 5.41) is 0. The Morgan fingerprint density at radius 1 is 0.818 bits per heavy atom. The van der Waals surface area contributed by atoms with Crippen LogP contribution in [0.3, 0.4) is 0 Å². The van der Waals surface area contributed by atoms with Gasteiger partial charge >= 0.3 is 0 Å². The predicted octanol–water partition coefficient (Wildman–Crippen LogP) is 0.883. The van der Waals surface area contributed by atoms with Gasteiger partial charge in [-0.2, -0.15) is 0 Å². The fraction of sp³-hybridized carbons (Fsp3) is 0.625. The molecule has 6 heteroatoms. The minimum Gasteiger partial charge on any atom is -0.300 e. The van der Waals surface area contributed by atoms with Gasteiger partial charge in [-0.15, -0.1) is 0 Å². The Hall–Kier alpha value is -1.98. The Bertz CT molecular complexity index is 570. The molecule has 0 radical (unpaired) electrons. The molecule has 22 heavy (non-hydrogen) atoms. The third kappa shape index (κ3) is 1.93.